The summed E-state index contributed by atoms with van der Waals surface area (Å²) in [4.78, 5) is 32.7. The van der Waals surface area contributed by atoms with Gasteiger partial charge in [0, 0.05) is 19.9 Å². The summed E-state index contributed by atoms with van der Waals surface area (Å²) in [5, 5.41) is 13.9. The first-order valence-corrected chi connectivity index (χ1v) is 6.24. The molecule has 0 unspecified atom stereocenters. The molecule has 0 aliphatic heterocycles. The fraction of sp³-hybridized carbons (Fsp3) is 0.750. The maximum Gasteiger partial charge on any atom is 0.326 e. The van der Waals surface area contributed by atoms with Gasteiger partial charge in [0.05, 0.1) is 0 Å². The van der Waals surface area contributed by atoms with Gasteiger partial charge in [0.15, 0.2) is 0 Å². The van der Waals surface area contributed by atoms with Crippen LogP contribution in [0.5, 0.6) is 0 Å². The van der Waals surface area contributed by atoms with E-state index in [4.69, 9.17) is 5.11 Å². The third-order valence-electron chi connectivity index (χ3n) is 2.50. The van der Waals surface area contributed by atoms with Crippen molar-refractivity contribution in [2.75, 3.05) is 6.54 Å². The number of carbonyl (C=O) groups is 3. The molecule has 0 aliphatic carbocycles. The number of hydrogen-bond donors (Lipinski definition) is 3. The molecule has 0 aromatic rings. The second kappa shape index (κ2) is 9.44. The van der Waals surface area contributed by atoms with Crippen LogP contribution in [0.2, 0.25) is 0 Å². The molecule has 0 saturated heterocycles. The number of aliphatic carboxylic acids is 1. The van der Waals surface area contributed by atoms with Gasteiger partial charge in [-0.05, 0) is 19.3 Å². The molecule has 0 aromatic heterocycles. The zero-order chi connectivity index (χ0) is 14.0. The summed E-state index contributed by atoms with van der Waals surface area (Å²) in [6.07, 6.45) is 3.05. The third-order valence-corrected chi connectivity index (χ3v) is 2.50. The first-order valence-electron chi connectivity index (χ1n) is 6.24. The van der Waals surface area contributed by atoms with Gasteiger partial charge in [-0.25, -0.2) is 4.79 Å². The van der Waals surface area contributed by atoms with Crippen molar-refractivity contribution in [2.45, 2.75) is 52.0 Å². The fourth-order valence-electron chi connectivity index (χ4n) is 1.46. The molecular weight excluding hydrogens is 236 g/mol. The van der Waals surface area contributed by atoms with Crippen LogP contribution in [0.15, 0.2) is 0 Å². The van der Waals surface area contributed by atoms with Crippen LogP contribution in [0.3, 0.4) is 0 Å². The molecule has 0 radical (unpaired) electrons. The summed E-state index contributed by atoms with van der Waals surface area (Å²) in [6, 6.07) is -0.795. The zero-order valence-corrected chi connectivity index (χ0v) is 11.0. The molecule has 1 atom stereocenters. The van der Waals surface area contributed by atoms with Gasteiger partial charge >= 0.3 is 5.97 Å². The standard InChI is InChI=1S/C12H22N2O4/c1-3-10(12(17)18)14-11(16)7-5-4-6-8-13-9(2)15/h10H,3-8H2,1-2H3,(H,13,15)(H,14,16)(H,17,18)/t10-/m0/s1. The zero-order valence-electron chi connectivity index (χ0n) is 11.0. The van der Waals surface area contributed by atoms with Crippen LogP contribution in [0, 0.1) is 0 Å². The molecule has 6 heteroatoms. The highest BCUT2D eigenvalue weighted by Gasteiger charge is 2.16. The van der Waals surface area contributed by atoms with Crippen molar-refractivity contribution in [2.24, 2.45) is 0 Å². The number of unbranched alkanes of at least 4 members (excludes halogenated alkanes) is 2. The predicted molar refractivity (Wildman–Crippen MR) is 67.0 cm³/mol. The van der Waals surface area contributed by atoms with E-state index in [1.165, 1.54) is 6.92 Å². The monoisotopic (exact) mass is 258 g/mol. The molecule has 18 heavy (non-hydrogen) atoms. The van der Waals surface area contributed by atoms with Crippen LogP contribution < -0.4 is 10.6 Å². The van der Waals surface area contributed by atoms with Gasteiger partial charge < -0.3 is 15.7 Å². The van der Waals surface area contributed by atoms with Gasteiger partial charge in [0.25, 0.3) is 0 Å². The number of amides is 2. The molecular formula is C12H22N2O4. The summed E-state index contributed by atoms with van der Waals surface area (Å²) in [6.45, 7) is 3.79. The fourth-order valence-corrected chi connectivity index (χ4v) is 1.46. The van der Waals surface area contributed by atoms with E-state index in [9.17, 15) is 14.4 Å². The van der Waals surface area contributed by atoms with Crippen LogP contribution in [-0.2, 0) is 14.4 Å². The first-order chi connectivity index (χ1) is 8.47. The summed E-state index contributed by atoms with van der Waals surface area (Å²) in [5.74, 6) is -1.29. The number of carbonyl (C=O) groups excluding carboxylic acids is 2. The molecule has 104 valence electrons. The van der Waals surface area contributed by atoms with E-state index >= 15 is 0 Å². The van der Waals surface area contributed by atoms with Gasteiger partial charge in [-0.2, -0.15) is 0 Å². The van der Waals surface area contributed by atoms with Crippen molar-refractivity contribution in [3.8, 4) is 0 Å². The van der Waals surface area contributed by atoms with Crippen LogP contribution >= 0.6 is 0 Å². The molecule has 0 heterocycles. The largest absolute Gasteiger partial charge is 0.480 e. The van der Waals surface area contributed by atoms with Crippen molar-refractivity contribution in [1.29, 1.82) is 0 Å². The maximum atomic E-state index is 11.4. The Morgan fingerprint density at radius 2 is 1.83 bits per heavy atom. The number of carboxylic acids is 1. The second-order valence-electron chi connectivity index (χ2n) is 4.16. The van der Waals surface area contributed by atoms with Gasteiger partial charge in [0.2, 0.25) is 11.8 Å². The van der Waals surface area contributed by atoms with Crippen LogP contribution in [0.25, 0.3) is 0 Å². The minimum Gasteiger partial charge on any atom is -0.480 e. The van der Waals surface area contributed by atoms with Gasteiger partial charge in [-0.3, -0.25) is 9.59 Å². The van der Waals surface area contributed by atoms with E-state index in [2.05, 4.69) is 10.6 Å². The van der Waals surface area contributed by atoms with Crippen molar-refractivity contribution >= 4 is 17.8 Å². The molecule has 0 aliphatic rings. The number of carboxylic acid groups (broad SMARTS) is 1. The quantitative estimate of drug-likeness (QED) is 0.529. The van der Waals surface area contributed by atoms with Gasteiger partial charge in [-0.1, -0.05) is 13.3 Å². The smallest absolute Gasteiger partial charge is 0.326 e. The normalized spacial score (nSPS) is 11.7. The Morgan fingerprint density at radius 3 is 2.33 bits per heavy atom. The summed E-state index contributed by atoms with van der Waals surface area (Å²) in [7, 11) is 0. The molecule has 0 saturated carbocycles. The second-order valence-corrected chi connectivity index (χ2v) is 4.16. The Kier molecular flexibility index (Phi) is 8.61. The number of hydrogen-bond acceptors (Lipinski definition) is 3. The highest BCUT2D eigenvalue weighted by atomic mass is 16.4. The van der Waals surface area contributed by atoms with E-state index < -0.39 is 12.0 Å². The lowest BCUT2D eigenvalue weighted by molar-refractivity contribution is -0.141. The van der Waals surface area contributed by atoms with Crippen molar-refractivity contribution < 1.29 is 19.5 Å². The van der Waals surface area contributed by atoms with Crippen molar-refractivity contribution in [1.82, 2.24) is 10.6 Å². The summed E-state index contributed by atoms with van der Waals surface area (Å²) in [5.41, 5.74) is 0. The molecule has 2 amide bonds. The number of rotatable bonds is 9. The minimum atomic E-state index is -1.00. The molecule has 3 N–H and O–H groups in total. The highest BCUT2D eigenvalue weighted by Crippen LogP contribution is 2.00. The average Bonchev–Trinajstić information content (AvgIpc) is 2.29. The third kappa shape index (κ3) is 8.55. The molecule has 0 aromatic carbocycles. The van der Waals surface area contributed by atoms with E-state index in [1.807, 2.05) is 0 Å². The van der Waals surface area contributed by atoms with Crippen LogP contribution in [0.4, 0.5) is 0 Å². The van der Waals surface area contributed by atoms with Crippen LogP contribution in [0.1, 0.15) is 46.0 Å². The molecule has 0 rings (SSSR count). The SMILES string of the molecule is CC[C@H](NC(=O)CCCCCNC(C)=O)C(=O)O. The summed E-state index contributed by atoms with van der Waals surface area (Å²) >= 11 is 0. The molecule has 6 nitrogen and oxygen atoms in total. The first kappa shape index (κ1) is 16.4. The summed E-state index contributed by atoms with van der Waals surface area (Å²) < 4.78 is 0. The lowest BCUT2D eigenvalue weighted by Gasteiger charge is -2.11. The van der Waals surface area contributed by atoms with Crippen molar-refractivity contribution in [3.05, 3.63) is 0 Å². The Labute approximate surface area is 107 Å². The van der Waals surface area contributed by atoms with E-state index in [-0.39, 0.29) is 11.8 Å². The molecule has 0 fully saturated rings. The predicted octanol–water partition coefficient (Wildman–Crippen LogP) is 0.662. The minimum absolute atomic E-state index is 0.0556. The van der Waals surface area contributed by atoms with Gasteiger partial charge in [-0.15, -0.1) is 0 Å². The lowest BCUT2D eigenvalue weighted by atomic mass is 10.1. The van der Waals surface area contributed by atoms with Crippen LogP contribution in [-0.4, -0.2) is 35.5 Å². The Balaban J connectivity index is 3.59. The molecule has 0 bridgehead atoms. The topological polar surface area (TPSA) is 95.5 Å². The highest BCUT2D eigenvalue weighted by molar-refractivity contribution is 5.83. The number of nitrogens with one attached hydrogen (secondary N) is 2. The Bertz CT molecular complexity index is 292. The Hall–Kier alpha value is -1.59. The maximum absolute atomic E-state index is 11.4. The van der Waals surface area contributed by atoms with E-state index in [0.717, 1.165) is 12.8 Å². The Morgan fingerprint density at radius 1 is 1.17 bits per heavy atom. The van der Waals surface area contributed by atoms with Gasteiger partial charge in [0.1, 0.15) is 6.04 Å². The van der Waals surface area contributed by atoms with E-state index in [0.29, 0.717) is 25.8 Å². The molecule has 0 spiro atoms. The van der Waals surface area contributed by atoms with Crippen molar-refractivity contribution in [3.63, 3.8) is 0 Å². The average molecular weight is 258 g/mol. The lowest BCUT2D eigenvalue weighted by Crippen LogP contribution is -2.40. The van der Waals surface area contributed by atoms with E-state index in [1.54, 1.807) is 6.92 Å².